The van der Waals surface area contributed by atoms with E-state index in [1.54, 1.807) is 6.20 Å². The van der Waals surface area contributed by atoms with Crippen LogP contribution in [0.1, 0.15) is 11.1 Å². The Morgan fingerprint density at radius 2 is 2.00 bits per heavy atom. The molecule has 1 heterocycles. The Morgan fingerprint density at radius 1 is 1.12 bits per heavy atom. The van der Waals surface area contributed by atoms with Crippen molar-refractivity contribution in [2.75, 3.05) is 6.61 Å². The summed E-state index contributed by atoms with van der Waals surface area (Å²) in [5.41, 5.74) is 2.38. The Balaban J connectivity index is 1.87. The van der Waals surface area contributed by atoms with Crippen molar-refractivity contribution in [3.63, 3.8) is 0 Å². The molecule has 82 valence electrons. The molecule has 0 radical (unpaired) electrons. The summed E-state index contributed by atoms with van der Waals surface area (Å²) in [5, 5.41) is 0. The van der Waals surface area contributed by atoms with Crippen molar-refractivity contribution in [3.8, 4) is 5.75 Å². The van der Waals surface area contributed by atoms with Crippen molar-refractivity contribution in [1.82, 2.24) is 4.98 Å². The third-order valence-electron chi connectivity index (χ3n) is 2.46. The number of aryl methyl sites for hydroxylation is 1. The van der Waals surface area contributed by atoms with E-state index >= 15 is 0 Å². The van der Waals surface area contributed by atoms with Gasteiger partial charge in [0.2, 0.25) is 0 Å². The van der Waals surface area contributed by atoms with Crippen LogP contribution >= 0.6 is 0 Å². The Hall–Kier alpha value is -1.83. The number of para-hydroxylation sites is 1. The van der Waals surface area contributed by atoms with E-state index in [1.165, 1.54) is 11.1 Å². The predicted molar refractivity (Wildman–Crippen MR) is 64.6 cm³/mol. The Bertz CT molecular complexity index is 439. The number of ether oxygens (including phenoxy) is 1. The van der Waals surface area contributed by atoms with Crippen LogP contribution in [0.2, 0.25) is 0 Å². The first-order valence-corrected chi connectivity index (χ1v) is 5.43. The normalized spacial score (nSPS) is 10.1. The molecule has 1 aromatic heterocycles. The Kier molecular flexibility index (Phi) is 3.54. The molecule has 2 nitrogen and oxygen atoms in total. The summed E-state index contributed by atoms with van der Waals surface area (Å²) in [5.74, 6) is 0.964. The zero-order valence-corrected chi connectivity index (χ0v) is 9.39. The van der Waals surface area contributed by atoms with Gasteiger partial charge in [0.1, 0.15) is 5.75 Å². The standard InChI is InChI=1S/C14H15NO/c1-12-5-2-3-7-14(12)16-10-8-13-6-4-9-15-11-13/h2-7,9,11H,8,10H2,1H3. The summed E-state index contributed by atoms with van der Waals surface area (Å²) in [6, 6.07) is 12.1. The average molecular weight is 213 g/mol. The van der Waals surface area contributed by atoms with Gasteiger partial charge < -0.3 is 4.74 Å². The molecule has 0 saturated heterocycles. The Labute approximate surface area is 95.9 Å². The minimum Gasteiger partial charge on any atom is -0.493 e. The van der Waals surface area contributed by atoms with Crippen molar-refractivity contribution in [2.24, 2.45) is 0 Å². The number of hydrogen-bond donors (Lipinski definition) is 0. The lowest BCUT2D eigenvalue weighted by Crippen LogP contribution is -2.02. The fourth-order valence-electron chi connectivity index (χ4n) is 1.54. The molecule has 0 fully saturated rings. The molecule has 2 aromatic rings. The second kappa shape index (κ2) is 5.31. The fraction of sp³-hybridized carbons (Fsp3) is 0.214. The van der Waals surface area contributed by atoms with Crippen LogP contribution in [0.25, 0.3) is 0 Å². The number of hydrogen-bond acceptors (Lipinski definition) is 2. The van der Waals surface area contributed by atoms with Crippen molar-refractivity contribution in [1.29, 1.82) is 0 Å². The number of benzene rings is 1. The molecule has 0 aliphatic carbocycles. The highest BCUT2D eigenvalue weighted by atomic mass is 16.5. The Morgan fingerprint density at radius 3 is 2.75 bits per heavy atom. The van der Waals surface area contributed by atoms with E-state index in [0.29, 0.717) is 6.61 Å². The molecular formula is C14H15NO. The van der Waals surface area contributed by atoms with Gasteiger partial charge >= 0.3 is 0 Å². The first-order valence-electron chi connectivity index (χ1n) is 5.43. The van der Waals surface area contributed by atoms with Gasteiger partial charge in [0.05, 0.1) is 6.61 Å². The monoisotopic (exact) mass is 213 g/mol. The summed E-state index contributed by atoms with van der Waals surface area (Å²) >= 11 is 0. The van der Waals surface area contributed by atoms with Crippen LogP contribution in [0.15, 0.2) is 48.8 Å². The lowest BCUT2D eigenvalue weighted by atomic mass is 10.2. The molecule has 16 heavy (non-hydrogen) atoms. The van der Waals surface area contributed by atoms with Crippen LogP contribution in [0.3, 0.4) is 0 Å². The van der Waals surface area contributed by atoms with Gasteiger partial charge in [-0.3, -0.25) is 4.98 Å². The van der Waals surface area contributed by atoms with Crippen LogP contribution in [-0.4, -0.2) is 11.6 Å². The zero-order valence-electron chi connectivity index (χ0n) is 9.39. The molecular weight excluding hydrogens is 198 g/mol. The molecule has 0 unspecified atom stereocenters. The lowest BCUT2D eigenvalue weighted by molar-refractivity contribution is 0.319. The van der Waals surface area contributed by atoms with Gasteiger partial charge in [0.25, 0.3) is 0 Å². The van der Waals surface area contributed by atoms with Gasteiger partial charge in [-0.1, -0.05) is 24.3 Å². The predicted octanol–water partition coefficient (Wildman–Crippen LogP) is 3.01. The molecule has 0 saturated carbocycles. The highest BCUT2D eigenvalue weighted by molar-refractivity contribution is 5.31. The van der Waals surface area contributed by atoms with Crippen molar-refractivity contribution < 1.29 is 4.74 Å². The van der Waals surface area contributed by atoms with Crippen molar-refractivity contribution in [3.05, 3.63) is 59.9 Å². The summed E-state index contributed by atoms with van der Waals surface area (Å²) in [4.78, 5) is 4.07. The van der Waals surface area contributed by atoms with Gasteiger partial charge in [0, 0.05) is 18.8 Å². The summed E-state index contributed by atoms with van der Waals surface area (Å²) < 4.78 is 5.71. The van der Waals surface area contributed by atoms with Gasteiger partial charge in [-0.2, -0.15) is 0 Å². The minimum atomic E-state index is 0.691. The zero-order chi connectivity index (χ0) is 11.2. The molecule has 2 rings (SSSR count). The van der Waals surface area contributed by atoms with E-state index in [2.05, 4.69) is 24.0 Å². The quantitative estimate of drug-likeness (QED) is 0.778. The largest absolute Gasteiger partial charge is 0.493 e. The SMILES string of the molecule is Cc1ccccc1OCCc1cccnc1. The molecule has 2 heteroatoms. The molecule has 0 bridgehead atoms. The molecule has 0 spiro atoms. The molecule has 0 aliphatic rings. The van der Waals surface area contributed by atoms with Crippen molar-refractivity contribution >= 4 is 0 Å². The lowest BCUT2D eigenvalue weighted by Gasteiger charge is -2.08. The average Bonchev–Trinajstić information content (AvgIpc) is 2.33. The summed E-state index contributed by atoms with van der Waals surface area (Å²) in [6.07, 6.45) is 4.55. The van der Waals surface area contributed by atoms with Crippen LogP contribution in [-0.2, 0) is 6.42 Å². The second-order valence-electron chi connectivity index (χ2n) is 3.73. The van der Waals surface area contributed by atoms with Gasteiger partial charge in [-0.05, 0) is 30.2 Å². The van der Waals surface area contributed by atoms with Gasteiger partial charge in [-0.15, -0.1) is 0 Å². The first kappa shape index (κ1) is 10.7. The van der Waals surface area contributed by atoms with Crippen molar-refractivity contribution in [2.45, 2.75) is 13.3 Å². The van der Waals surface area contributed by atoms with Crippen LogP contribution in [0.4, 0.5) is 0 Å². The van der Waals surface area contributed by atoms with E-state index in [9.17, 15) is 0 Å². The van der Waals surface area contributed by atoms with Gasteiger partial charge in [0.15, 0.2) is 0 Å². The fourth-order valence-corrected chi connectivity index (χ4v) is 1.54. The highest BCUT2D eigenvalue weighted by Crippen LogP contribution is 2.16. The van der Waals surface area contributed by atoms with Crippen LogP contribution in [0.5, 0.6) is 5.75 Å². The highest BCUT2D eigenvalue weighted by Gasteiger charge is 1.97. The van der Waals surface area contributed by atoms with Gasteiger partial charge in [-0.25, -0.2) is 0 Å². The maximum absolute atomic E-state index is 5.71. The smallest absolute Gasteiger partial charge is 0.122 e. The maximum atomic E-state index is 5.71. The number of pyridine rings is 1. The van der Waals surface area contributed by atoms with E-state index in [1.807, 2.05) is 30.5 Å². The molecule has 0 aliphatic heterocycles. The number of rotatable bonds is 4. The topological polar surface area (TPSA) is 22.1 Å². The molecule has 0 atom stereocenters. The van der Waals surface area contributed by atoms with Crippen LogP contribution in [0, 0.1) is 6.92 Å². The first-order chi connectivity index (χ1) is 7.86. The second-order valence-corrected chi connectivity index (χ2v) is 3.73. The summed E-state index contributed by atoms with van der Waals surface area (Å²) in [7, 11) is 0. The third-order valence-corrected chi connectivity index (χ3v) is 2.46. The number of nitrogens with zero attached hydrogens (tertiary/aromatic N) is 1. The van der Waals surface area contributed by atoms with E-state index < -0.39 is 0 Å². The summed E-state index contributed by atoms with van der Waals surface area (Å²) in [6.45, 7) is 2.75. The van der Waals surface area contributed by atoms with E-state index in [0.717, 1.165) is 12.2 Å². The third kappa shape index (κ3) is 2.83. The van der Waals surface area contributed by atoms with E-state index in [4.69, 9.17) is 4.74 Å². The minimum absolute atomic E-state index is 0.691. The van der Waals surface area contributed by atoms with E-state index in [-0.39, 0.29) is 0 Å². The maximum Gasteiger partial charge on any atom is 0.122 e. The molecule has 1 aromatic carbocycles. The van der Waals surface area contributed by atoms with Crippen LogP contribution < -0.4 is 4.74 Å². The molecule has 0 amide bonds. The number of aromatic nitrogens is 1. The molecule has 0 N–H and O–H groups in total.